The van der Waals surface area contributed by atoms with E-state index in [-0.39, 0.29) is 11.8 Å². The zero-order valence-electron chi connectivity index (χ0n) is 22.0. The van der Waals surface area contributed by atoms with Crippen molar-refractivity contribution in [2.24, 2.45) is 5.73 Å². The van der Waals surface area contributed by atoms with Crippen molar-refractivity contribution >= 4 is 11.8 Å². The highest BCUT2D eigenvalue weighted by atomic mass is 16.5. The Labute approximate surface area is 224 Å². The molecule has 3 aromatic heterocycles. The molecule has 0 aliphatic carbocycles. The number of hydrogen-bond donors (Lipinski definition) is 3. The third-order valence-corrected chi connectivity index (χ3v) is 5.77. The molecule has 0 saturated carbocycles. The minimum absolute atomic E-state index is 0.00482. The van der Waals surface area contributed by atoms with Crippen molar-refractivity contribution in [1.29, 1.82) is 0 Å². The van der Waals surface area contributed by atoms with E-state index in [1.54, 1.807) is 12.4 Å². The largest absolute Gasteiger partial charge is 0.377 e. The zero-order chi connectivity index (χ0) is 27.0. The van der Waals surface area contributed by atoms with Gasteiger partial charge in [0.15, 0.2) is 0 Å². The fourth-order valence-electron chi connectivity index (χ4n) is 3.75. The maximum absolute atomic E-state index is 12.1. The van der Waals surface area contributed by atoms with Crippen LogP contribution in [0.5, 0.6) is 0 Å². The number of rotatable bonds is 17. The van der Waals surface area contributed by atoms with Crippen LogP contribution in [-0.4, -0.2) is 71.9 Å². The van der Waals surface area contributed by atoms with Gasteiger partial charge in [-0.3, -0.25) is 19.6 Å². The van der Waals surface area contributed by atoms with E-state index >= 15 is 0 Å². The Balaban J connectivity index is 1.15. The zero-order valence-corrected chi connectivity index (χ0v) is 22.0. The van der Waals surface area contributed by atoms with Crippen LogP contribution >= 0.6 is 0 Å². The van der Waals surface area contributed by atoms with Gasteiger partial charge in [0, 0.05) is 50.8 Å². The number of ether oxygens (including phenoxy) is 2. The predicted octanol–water partition coefficient (Wildman–Crippen LogP) is 1.87. The number of aryl methyl sites for hydroxylation is 2. The van der Waals surface area contributed by atoms with Gasteiger partial charge in [-0.25, -0.2) is 0 Å². The minimum Gasteiger partial charge on any atom is -0.377 e. The molecule has 2 amide bonds. The Bertz CT molecular complexity index is 1120. The van der Waals surface area contributed by atoms with Crippen molar-refractivity contribution in [3.8, 4) is 11.4 Å². The summed E-state index contributed by atoms with van der Waals surface area (Å²) in [6.45, 7) is 4.91. The summed E-state index contributed by atoms with van der Waals surface area (Å²) in [6, 6.07) is 11.1. The molecule has 3 rings (SSSR count). The molecule has 4 N–H and O–H groups in total. The smallest absolute Gasteiger partial charge is 0.238 e. The van der Waals surface area contributed by atoms with Crippen LogP contribution in [0, 0.1) is 6.92 Å². The average molecular weight is 523 g/mol. The van der Waals surface area contributed by atoms with Crippen molar-refractivity contribution in [3.05, 3.63) is 72.3 Å². The number of nitrogens with two attached hydrogens (primary N) is 1. The second-order valence-electron chi connectivity index (χ2n) is 8.97. The first-order valence-electron chi connectivity index (χ1n) is 13.0. The van der Waals surface area contributed by atoms with Gasteiger partial charge in [0.2, 0.25) is 11.8 Å². The molecule has 0 aromatic carbocycles. The topological polar surface area (TPSA) is 133 Å². The molecule has 0 spiro atoms. The fourth-order valence-corrected chi connectivity index (χ4v) is 3.75. The van der Waals surface area contributed by atoms with Crippen LogP contribution < -0.4 is 16.4 Å². The Morgan fingerprint density at radius 2 is 1.61 bits per heavy atom. The summed E-state index contributed by atoms with van der Waals surface area (Å²) < 4.78 is 12.8. The van der Waals surface area contributed by atoms with Gasteiger partial charge in [0.25, 0.3) is 0 Å². The van der Waals surface area contributed by atoms with Crippen LogP contribution in [0.4, 0.5) is 0 Å². The third-order valence-electron chi connectivity index (χ3n) is 5.77. The summed E-state index contributed by atoms with van der Waals surface area (Å²) in [6.07, 6.45) is 9.30. The van der Waals surface area contributed by atoms with E-state index in [1.165, 1.54) is 0 Å². The van der Waals surface area contributed by atoms with Gasteiger partial charge in [-0.1, -0.05) is 0 Å². The maximum Gasteiger partial charge on any atom is 0.238 e. The molecule has 204 valence electrons. The highest BCUT2D eigenvalue weighted by Gasteiger charge is 2.12. The number of pyridine rings is 2. The number of aromatic nitrogens is 3. The number of nitrogens with one attached hydrogen (secondary N) is 2. The Morgan fingerprint density at radius 3 is 2.32 bits per heavy atom. The monoisotopic (exact) mass is 522 g/mol. The van der Waals surface area contributed by atoms with E-state index in [0.717, 1.165) is 35.4 Å². The number of carbonyl (C=O) groups is 2. The van der Waals surface area contributed by atoms with Crippen LogP contribution in [-0.2, 0) is 32.0 Å². The highest BCUT2D eigenvalue weighted by molar-refractivity contribution is 5.81. The van der Waals surface area contributed by atoms with Crippen LogP contribution in [0.25, 0.3) is 11.4 Å². The predicted molar refractivity (Wildman–Crippen MR) is 145 cm³/mol. The first kappa shape index (κ1) is 29.0. The first-order chi connectivity index (χ1) is 18.5. The van der Waals surface area contributed by atoms with Crippen molar-refractivity contribution in [2.75, 3.05) is 39.5 Å². The standard InChI is InChI=1S/C28H38N6O4/c1-22-7-9-30-25(19-22)26-20-23(8-10-31-26)5-4-6-27(35)32-11-15-37-17-18-38-16-12-33-28(36)24(29)21-34-13-2-3-14-34/h2-3,7-10,13-14,19-20,24H,4-6,11-12,15-18,21,29H2,1H3,(H,32,35)(H,33,36). The third kappa shape index (κ3) is 10.8. The lowest BCUT2D eigenvalue weighted by Crippen LogP contribution is -2.44. The molecule has 10 nitrogen and oxygen atoms in total. The summed E-state index contributed by atoms with van der Waals surface area (Å²) in [5.41, 5.74) is 9.86. The molecular formula is C28H38N6O4. The van der Waals surface area contributed by atoms with E-state index < -0.39 is 6.04 Å². The highest BCUT2D eigenvalue weighted by Crippen LogP contribution is 2.17. The fraction of sp³-hybridized carbons (Fsp3) is 0.429. The van der Waals surface area contributed by atoms with E-state index in [2.05, 4.69) is 20.6 Å². The molecule has 3 aromatic rings. The maximum atomic E-state index is 12.1. The minimum atomic E-state index is -0.606. The Kier molecular flexibility index (Phi) is 12.4. The summed E-state index contributed by atoms with van der Waals surface area (Å²) in [7, 11) is 0. The van der Waals surface area contributed by atoms with Gasteiger partial charge < -0.3 is 30.4 Å². The Morgan fingerprint density at radius 1 is 0.947 bits per heavy atom. The quantitative estimate of drug-likeness (QED) is 0.231. The molecule has 10 heteroatoms. The molecule has 0 aliphatic rings. The molecule has 1 atom stereocenters. The van der Waals surface area contributed by atoms with Crippen molar-refractivity contribution < 1.29 is 19.1 Å². The summed E-state index contributed by atoms with van der Waals surface area (Å²) >= 11 is 0. The molecule has 0 bridgehead atoms. The van der Waals surface area contributed by atoms with Crippen LogP contribution in [0.15, 0.2) is 61.2 Å². The summed E-state index contributed by atoms with van der Waals surface area (Å²) in [5, 5.41) is 5.64. The van der Waals surface area contributed by atoms with Gasteiger partial charge >= 0.3 is 0 Å². The molecule has 3 heterocycles. The first-order valence-corrected chi connectivity index (χ1v) is 13.0. The van der Waals surface area contributed by atoms with Crippen LogP contribution in [0.1, 0.15) is 24.0 Å². The lowest BCUT2D eigenvalue weighted by Gasteiger charge is -2.13. The van der Waals surface area contributed by atoms with E-state index in [4.69, 9.17) is 15.2 Å². The molecule has 0 fully saturated rings. The normalized spacial score (nSPS) is 11.7. The van der Waals surface area contributed by atoms with Crippen molar-refractivity contribution in [2.45, 2.75) is 38.8 Å². The average Bonchev–Trinajstić information content (AvgIpc) is 3.43. The van der Waals surface area contributed by atoms with Gasteiger partial charge in [-0.2, -0.15) is 0 Å². The van der Waals surface area contributed by atoms with Gasteiger partial charge in [-0.15, -0.1) is 0 Å². The number of hydrogen-bond acceptors (Lipinski definition) is 7. The molecule has 0 radical (unpaired) electrons. The summed E-state index contributed by atoms with van der Waals surface area (Å²) in [4.78, 5) is 32.9. The van der Waals surface area contributed by atoms with E-state index in [0.29, 0.717) is 52.5 Å². The van der Waals surface area contributed by atoms with Crippen molar-refractivity contribution in [1.82, 2.24) is 25.2 Å². The Hall–Kier alpha value is -3.60. The van der Waals surface area contributed by atoms with Gasteiger partial charge in [0.05, 0.1) is 37.8 Å². The lowest BCUT2D eigenvalue weighted by molar-refractivity contribution is -0.123. The molecule has 38 heavy (non-hydrogen) atoms. The molecule has 0 aliphatic heterocycles. The van der Waals surface area contributed by atoms with E-state index in [9.17, 15) is 9.59 Å². The molecule has 1 unspecified atom stereocenters. The SMILES string of the molecule is Cc1ccnc(-c2cc(CCCC(=O)NCCOCCOCCNC(=O)C(N)Cn3cccc3)ccn2)c1. The molecule has 0 saturated heterocycles. The molecular weight excluding hydrogens is 484 g/mol. The van der Waals surface area contributed by atoms with Gasteiger partial charge in [-0.05, 0) is 67.3 Å². The lowest BCUT2D eigenvalue weighted by atomic mass is 10.1. The second kappa shape index (κ2) is 16.3. The second-order valence-corrected chi connectivity index (χ2v) is 8.97. The van der Waals surface area contributed by atoms with Gasteiger partial charge in [0.1, 0.15) is 6.04 Å². The summed E-state index contributed by atoms with van der Waals surface area (Å²) in [5.74, 6) is -0.204. The van der Waals surface area contributed by atoms with Crippen molar-refractivity contribution in [3.63, 3.8) is 0 Å². The van der Waals surface area contributed by atoms with E-state index in [1.807, 2.05) is 60.3 Å². The van der Waals surface area contributed by atoms with Crippen LogP contribution in [0.2, 0.25) is 0 Å². The van der Waals surface area contributed by atoms with Crippen LogP contribution in [0.3, 0.4) is 0 Å². The number of amides is 2. The number of nitrogens with zero attached hydrogens (tertiary/aromatic N) is 3. The number of carbonyl (C=O) groups excluding carboxylic acids is 2.